The standard InChI is InChI=1S/C16H24N6.C13H23N3O2.C10H21N3.C4H8N2.C3H3BrO2.CH4/c1-19-8-10-21(11-9-19)14-3-6-20(7-4-14)15-12-17-16-2-5-18-22(16)13-15;1-14-6-8-16(9-7-14)12-2-4-15(5-3-12)13(10-17)11-18;1-12-6-8-13(9-7-12)10-2-4-11-5-3-10;1-4(6)2-3-5;4-3(1-5)2-6;/h2,5,12-14H,3-4,6-11H2,1H3;10-13H,2-9H2,1H3;10-11H,2-9H2,1H3;2-3,5H,6H2,1H3;1-3H;1H4/b;;;4-2+,5-3?;;. The molecular weight excluding hydrogens is 905 g/mol. The van der Waals surface area contributed by atoms with E-state index in [0.717, 1.165) is 102 Å². The van der Waals surface area contributed by atoms with Crippen LogP contribution in [0.25, 0.3) is 5.65 Å². The summed E-state index contributed by atoms with van der Waals surface area (Å²) in [5.74, 6) is 0. The Morgan fingerprint density at radius 3 is 1.52 bits per heavy atom. The Bertz CT molecular complexity index is 1670. The minimum Gasteiger partial charge on any atom is -0.402 e. The number of nitrogens with zero attached hydrogens (tertiary/aromatic N) is 11. The van der Waals surface area contributed by atoms with Crippen molar-refractivity contribution in [2.24, 2.45) is 5.73 Å². The van der Waals surface area contributed by atoms with Gasteiger partial charge in [-0.15, -0.1) is 0 Å². The number of aldehydes is 4. The third kappa shape index (κ3) is 19.6. The van der Waals surface area contributed by atoms with Gasteiger partial charge in [-0.1, -0.05) is 23.4 Å². The molecule has 4 N–H and O–H groups in total. The lowest BCUT2D eigenvalue weighted by Crippen LogP contribution is -2.53. The first kappa shape index (κ1) is 56.8. The Balaban J connectivity index is 0.000000237. The summed E-state index contributed by atoms with van der Waals surface area (Å²) < 4.78 is 1.86. The number of carbonyl (C=O) groups is 4. The number of alkyl halides is 1. The second-order valence-corrected chi connectivity index (χ2v) is 19.0. The molecule has 18 nitrogen and oxygen atoms in total. The molecule has 0 radical (unpaired) electrons. The van der Waals surface area contributed by atoms with Gasteiger partial charge in [0.2, 0.25) is 0 Å². The zero-order chi connectivity index (χ0) is 47.0. The number of piperidine rings is 3. The Hall–Kier alpha value is -3.53. The fraction of sp³-hybridized carbons (Fsp3) is 0.723. The van der Waals surface area contributed by atoms with Gasteiger partial charge in [0.25, 0.3) is 0 Å². The van der Waals surface area contributed by atoms with Crippen molar-refractivity contribution >= 4 is 58.6 Å². The van der Waals surface area contributed by atoms with Crippen LogP contribution < -0.4 is 16.0 Å². The minimum atomic E-state index is -0.613. The number of likely N-dealkylation sites (tertiary alicyclic amines) is 1. The number of halogens is 1. The summed E-state index contributed by atoms with van der Waals surface area (Å²) in [6.07, 6.45) is 18.5. The third-order valence-electron chi connectivity index (χ3n) is 13.3. The fourth-order valence-electron chi connectivity index (χ4n) is 9.10. The minimum absolute atomic E-state index is 0. The first-order chi connectivity index (χ1) is 31.5. The van der Waals surface area contributed by atoms with E-state index in [4.69, 9.17) is 11.1 Å². The lowest BCUT2D eigenvalue weighted by atomic mass is 10.0. The second kappa shape index (κ2) is 31.5. The molecule has 6 aliphatic heterocycles. The first-order valence-corrected chi connectivity index (χ1v) is 24.5. The van der Waals surface area contributed by atoms with Gasteiger partial charge in [-0.25, -0.2) is 9.50 Å². The Kier molecular flexibility index (Phi) is 27.1. The van der Waals surface area contributed by atoms with Gasteiger partial charge in [0, 0.05) is 141 Å². The predicted molar refractivity (Wildman–Crippen MR) is 270 cm³/mol. The number of nitrogens with two attached hydrogens (primary N) is 1. The molecule has 6 fully saturated rings. The fourth-order valence-corrected chi connectivity index (χ4v) is 9.10. The maximum atomic E-state index is 10.8. The topological polar surface area (TPSA) is 186 Å². The number of likely N-dealkylation sites (N-methyl/N-ethyl adjacent to an activating group) is 3. The van der Waals surface area contributed by atoms with Crippen LogP contribution >= 0.6 is 15.9 Å². The van der Waals surface area contributed by atoms with Gasteiger partial charge in [-0.05, 0) is 85.8 Å². The van der Waals surface area contributed by atoms with Crippen LogP contribution in [0.15, 0.2) is 36.4 Å². The quantitative estimate of drug-likeness (QED) is 0.135. The number of nitrogens with one attached hydrogen (secondary N) is 2. The first-order valence-electron chi connectivity index (χ1n) is 23.6. The van der Waals surface area contributed by atoms with Crippen LogP contribution in [-0.2, 0) is 19.2 Å². The zero-order valence-corrected chi connectivity index (χ0v) is 41.2. The number of piperazine rings is 3. The van der Waals surface area contributed by atoms with E-state index in [1.165, 1.54) is 103 Å². The van der Waals surface area contributed by atoms with Gasteiger partial charge in [0.1, 0.15) is 36.0 Å². The lowest BCUT2D eigenvalue weighted by molar-refractivity contribution is -0.122. The molecule has 0 saturated carbocycles. The van der Waals surface area contributed by atoms with Gasteiger partial charge in [-0.3, -0.25) is 19.6 Å². The van der Waals surface area contributed by atoms with Crippen molar-refractivity contribution in [3.63, 3.8) is 0 Å². The Labute approximate surface area is 403 Å². The van der Waals surface area contributed by atoms with Crippen molar-refractivity contribution in [3.8, 4) is 0 Å². The van der Waals surface area contributed by atoms with Crippen LogP contribution in [0.1, 0.15) is 52.9 Å². The SMILES string of the molecule is C.C/C(N)=C\C=N.CN1CCN(C2CCN(C(C=O)C=O)CC2)CC1.CN1CCN(C2CCN(c3cnc4ccnn4c3)CC2)CC1.CN1CCN(C2CCNCC2)CC1.O=CC(Br)C=O. The summed E-state index contributed by atoms with van der Waals surface area (Å²) in [5, 5.41) is 14.2. The van der Waals surface area contributed by atoms with Crippen molar-refractivity contribution in [2.75, 3.05) is 144 Å². The maximum Gasteiger partial charge on any atom is 0.155 e. The number of aromatic nitrogens is 3. The molecule has 8 rings (SSSR count). The Morgan fingerprint density at radius 2 is 1.14 bits per heavy atom. The molecule has 66 heavy (non-hydrogen) atoms. The van der Waals surface area contributed by atoms with Crippen LogP contribution in [0.4, 0.5) is 5.69 Å². The average Bonchev–Trinajstić information content (AvgIpc) is 3.82. The predicted octanol–water partition coefficient (Wildman–Crippen LogP) is 1.68. The molecule has 2 aromatic heterocycles. The van der Waals surface area contributed by atoms with E-state index in [0.29, 0.717) is 24.3 Å². The van der Waals surface area contributed by atoms with Crippen LogP contribution in [0.2, 0.25) is 0 Å². The molecule has 6 aliphatic rings. The molecule has 0 atom stereocenters. The number of anilines is 1. The van der Waals surface area contributed by atoms with Crippen LogP contribution in [0.5, 0.6) is 0 Å². The van der Waals surface area contributed by atoms with Crippen LogP contribution in [-0.4, -0.2) is 248 Å². The summed E-state index contributed by atoms with van der Waals surface area (Å²) >= 11 is 2.74. The van der Waals surface area contributed by atoms with E-state index in [2.05, 4.69) is 93.0 Å². The largest absolute Gasteiger partial charge is 0.402 e. The van der Waals surface area contributed by atoms with Crippen molar-refractivity contribution in [3.05, 3.63) is 36.4 Å². The number of hydrogen-bond acceptors (Lipinski definition) is 17. The maximum absolute atomic E-state index is 10.8. The average molecular weight is 988 g/mol. The van der Waals surface area contributed by atoms with Crippen molar-refractivity contribution in [2.45, 2.75) is 81.9 Å². The highest BCUT2D eigenvalue weighted by Crippen LogP contribution is 2.23. The normalized spacial score (nSPS) is 22.0. The van der Waals surface area contributed by atoms with Gasteiger partial charge < -0.3 is 55.2 Å². The van der Waals surface area contributed by atoms with Crippen molar-refractivity contribution in [1.29, 1.82) is 5.41 Å². The summed E-state index contributed by atoms with van der Waals surface area (Å²) in [6, 6.07) is 3.66. The second-order valence-electron chi connectivity index (χ2n) is 18.0. The number of fused-ring (bicyclic) bond motifs is 1. The van der Waals surface area contributed by atoms with Crippen LogP contribution in [0, 0.1) is 5.41 Å². The molecule has 0 bridgehead atoms. The van der Waals surface area contributed by atoms with E-state index >= 15 is 0 Å². The van der Waals surface area contributed by atoms with E-state index in [-0.39, 0.29) is 7.43 Å². The van der Waals surface area contributed by atoms with Crippen molar-refractivity contribution in [1.82, 2.24) is 54.2 Å². The van der Waals surface area contributed by atoms with E-state index in [1.54, 1.807) is 13.1 Å². The van der Waals surface area contributed by atoms with Gasteiger partial charge in [0.05, 0.1) is 24.3 Å². The molecule has 0 unspecified atom stereocenters. The number of allylic oxidation sites excluding steroid dienone is 2. The smallest absolute Gasteiger partial charge is 0.155 e. The van der Waals surface area contributed by atoms with Crippen LogP contribution in [0.3, 0.4) is 0 Å². The summed E-state index contributed by atoms with van der Waals surface area (Å²) in [7, 11) is 6.61. The molecule has 19 heteroatoms. The number of carbonyl (C=O) groups excluding carboxylic acids is 4. The van der Waals surface area contributed by atoms with Gasteiger partial charge >= 0.3 is 0 Å². The van der Waals surface area contributed by atoms with E-state index < -0.39 is 10.9 Å². The number of hydrogen-bond donors (Lipinski definition) is 3. The third-order valence-corrected chi connectivity index (χ3v) is 13.8. The van der Waals surface area contributed by atoms with E-state index in [1.807, 2.05) is 21.7 Å². The molecule has 0 amide bonds. The highest BCUT2D eigenvalue weighted by molar-refractivity contribution is 9.10. The molecule has 8 heterocycles. The summed E-state index contributed by atoms with van der Waals surface area (Å²) in [5.41, 5.74) is 7.89. The molecule has 2 aromatic rings. The van der Waals surface area contributed by atoms with Crippen molar-refractivity contribution < 1.29 is 19.2 Å². The van der Waals surface area contributed by atoms with E-state index in [9.17, 15) is 19.2 Å². The molecular formula is C47H83BrN14O4. The highest BCUT2D eigenvalue weighted by Gasteiger charge is 2.30. The zero-order valence-electron chi connectivity index (χ0n) is 39.6. The molecule has 6 saturated heterocycles. The summed E-state index contributed by atoms with van der Waals surface area (Å²) in [6.45, 7) is 22.6. The molecule has 0 aliphatic carbocycles. The molecule has 372 valence electrons. The Morgan fingerprint density at radius 1 is 0.697 bits per heavy atom. The monoisotopic (exact) mass is 987 g/mol. The lowest BCUT2D eigenvalue weighted by Gasteiger charge is -2.42. The molecule has 0 aromatic carbocycles. The van der Waals surface area contributed by atoms with Gasteiger partial charge in [-0.2, -0.15) is 5.10 Å². The molecule has 0 spiro atoms. The number of rotatable bonds is 10. The summed E-state index contributed by atoms with van der Waals surface area (Å²) in [4.78, 5) is 63.9. The highest BCUT2D eigenvalue weighted by atomic mass is 79.9. The van der Waals surface area contributed by atoms with Gasteiger partial charge in [0.15, 0.2) is 5.65 Å².